The van der Waals surface area contributed by atoms with Crippen molar-refractivity contribution in [1.82, 2.24) is 0 Å². The monoisotopic (exact) mass is 280 g/mol. The van der Waals surface area contributed by atoms with E-state index in [0.29, 0.717) is 6.61 Å². The van der Waals surface area contributed by atoms with Crippen LogP contribution in [0, 0.1) is 0 Å². The quantitative estimate of drug-likeness (QED) is 0.477. The molecule has 3 aromatic rings. The van der Waals surface area contributed by atoms with Gasteiger partial charge in [0, 0.05) is 25.0 Å². The lowest BCUT2D eigenvalue weighted by molar-refractivity contribution is 0.131. The molecule has 0 aromatic heterocycles. The fraction of sp³-hybridized carbons (Fsp3) is 0.263. The molecule has 0 amide bonds. The van der Waals surface area contributed by atoms with Gasteiger partial charge in [-0.1, -0.05) is 36.4 Å². The molecule has 0 aliphatic heterocycles. The second-order valence-corrected chi connectivity index (χ2v) is 5.08. The SMILES string of the molecule is CCOCCCOc1cccc2cc3ccccc3cc12. The van der Waals surface area contributed by atoms with Gasteiger partial charge in [-0.15, -0.1) is 0 Å². The molecule has 0 saturated carbocycles. The number of rotatable bonds is 6. The van der Waals surface area contributed by atoms with Crippen molar-refractivity contribution in [2.45, 2.75) is 13.3 Å². The Labute approximate surface area is 125 Å². The van der Waals surface area contributed by atoms with E-state index in [0.717, 1.165) is 25.4 Å². The molecule has 3 aromatic carbocycles. The van der Waals surface area contributed by atoms with Crippen molar-refractivity contribution in [3.8, 4) is 5.75 Å². The lowest BCUT2D eigenvalue weighted by Crippen LogP contribution is -2.03. The first-order valence-electron chi connectivity index (χ1n) is 7.50. The molecule has 2 nitrogen and oxygen atoms in total. The molecule has 0 heterocycles. The van der Waals surface area contributed by atoms with Crippen molar-refractivity contribution in [3.63, 3.8) is 0 Å². The van der Waals surface area contributed by atoms with Crippen LogP contribution in [0.5, 0.6) is 5.75 Å². The van der Waals surface area contributed by atoms with Gasteiger partial charge in [-0.3, -0.25) is 0 Å². The maximum atomic E-state index is 5.93. The van der Waals surface area contributed by atoms with Crippen LogP contribution in [0.3, 0.4) is 0 Å². The molecule has 21 heavy (non-hydrogen) atoms. The zero-order valence-corrected chi connectivity index (χ0v) is 12.3. The van der Waals surface area contributed by atoms with E-state index in [1.807, 2.05) is 13.0 Å². The number of ether oxygens (including phenoxy) is 2. The van der Waals surface area contributed by atoms with E-state index in [9.17, 15) is 0 Å². The van der Waals surface area contributed by atoms with Crippen LogP contribution >= 0.6 is 0 Å². The van der Waals surface area contributed by atoms with Gasteiger partial charge in [-0.25, -0.2) is 0 Å². The molecule has 0 saturated heterocycles. The Kier molecular flexibility index (Phi) is 4.37. The van der Waals surface area contributed by atoms with Crippen LogP contribution in [0.15, 0.2) is 54.6 Å². The fourth-order valence-electron chi connectivity index (χ4n) is 2.55. The molecule has 0 unspecified atom stereocenters. The summed E-state index contributed by atoms with van der Waals surface area (Å²) in [5.41, 5.74) is 0. The molecule has 0 spiro atoms. The smallest absolute Gasteiger partial charge is 0.127 e. The van der Waals surface area contributed by atoms with Crippen molar-refractivity contribution < 1.29 is 9.47 Å². The lowest BCUT2D eigenvalue weighted by atomic mass is 10.0. The van der Waals surface area contributed by atoms with E-state index < -0.39 is 0 Å². The first-order valence-corrected chi connectivity index (χ1v) is 7.50. The molecular formula is C19H20O2. The van der Waals surface area contributed by atoms with E-state index >= 15 is 0 Å². The van der Waals surface area contributed by atoms with E-state index in [4.69, 9.17) is 9.47 Å². The zero-order chi connectivity index (χ0) is 14.5. The van der Waals surface area contributed by atoms with Gasteiger partial charge in [0.05, 0.1) is 6.61 Å². The van der Waals surface area contributed by atoms with Gasteiger partial charge in [-0.2, -0.15) is 0 Å². The first-order chi connectivity index (χ1) is 10.4. The highest BCUT2D eigenvalue weighted by atomic mass is 16.5. The van der Waals surface area contributed by atoms with Crippen LogP contribution in [-0.2, 0) is 4.74 Å². The molecule has 0 fully saturated rings. The molecule has 0 aliphatic rings. The number of benzene rings is 3. The summed E-state index contributed by atoms with van der Waals surface area (Å²) in [6.07, 6.45) is 0.914. The summed E-state index contributed by atoms with van der Waals surface area (Å²) in [7, 11) is 0. The fourth-order valence-corrected chi connectivity index (χ4v) is 2.55. The summed E-state index contributed by atoms with van der Waals surface area (Å²) in [6, 6.07) is 19.1. The predicted molar refractivity (Wildman–Crippen MR) is 88.1 cm³/mol. The van der Waals surface area contributed by atoms with Gasteiger partial charge in [-0.05, 0) is 41.3 Å². The van der Waals surface area contributed by atoms with Gasteiger partial charge in [0.1, 0.15) is 5.75 Å². The van der Waals surface area contributed by atoms with E-state index in [1.54, 1.807) is 0 Å². The third-order valence-corrected chi connectivity index (χ3v) is 3.60. The molecule has 3 rings (SSSR count). The largest absolute Gasteiger partial charge is 0.493 e. The Hall–Kier alpha value is -2.06. The van der Waals surface area contributed by atoms with E-state index in [-0.39, 0.29) is 0 Å². The van der Waals surface area contributed by atoms with Crippen LogP contribution in [0.4, 0.5) is 0 Å². The Morgan fingerprint density at radius 1 is 0.810 bits per heavy atom. The van der Waals surface area contributed by atoms with Crippen LogP contribution in [-0.4, -0.2) is 19.8 Å². The highest BCUT2D eigenvalue weighted by Crippen LogP contribution is 2.29. The minimum atomic E-state index is 0.686. The van der Waals surface area contributed by atoms with Gasteiger partial charge in [0.25, 0.3) is 0 Å². The average Bonchev–Trinajstić information content (AvgIpc) is 2.53. The topological polar surface area (TPSA) is 18.5 Å². The number of hydrogen-bond acceptors (Lipinski definition) is 2. The summed E-state index contributed by atoms with van der Waals surface area (Å²) < 4.78 is 11.3. The summed E-state index contributed by atoms with van der Waals surface area (Å²) in [4.78, 5) is 0. The third-order valence-electron chi connectivity index (χ3n) is 3.60. The Bertz CT molecular complexity index is 734. The molecule has 0 atom stereocenters. The minimum absolute atomic E-state index is 0.686. The van der Waals surface area contributed by atoms with Crippen LogP contribution in [0.2, 0.25) is 0 Å². The van der Waals surface area contributed by atoms with Gasteiger partial charge in [0.15, 0.2) is 0 Å². The zero-order valence-electron chi connectivity index (χ0n) is 12.3. The Balaban J connectivity index is 1.86. The predicted octanol–water partition coefficient (Wildman–Crippen LogP) is 4.80. The summed E-state index contributed by atoms with van der Waals surface area (Å²) in [5.74, 6) is 0.953. The normalized spacial score (nSPS) is 11.1. The van der Waals surface area contributed by atoms with Crippen LogP contribution < -0.4 is 4.74 Å². The van der Waals surface area contributed by atoms with E-state index in [2.05, 4.69) is 48.5 Å². The molecule has 108 valence electrons. The van der Waals surface area contributed by atoms with Gasteiger partial charge >= 0.3 is 0 Å². The molecule has 0 aliphatic carbocycles. The van der Waals surface area contributed by atoms with Crippen LogP contribution in [0.1, 0.15) is 13.3 Å². The second kappa shape index (κ2) is 6.59. The van der Waals surface area contributed by atoms with Crippen LogP contribution in [0.25, 0.3) is 21.5 Å². The highest BCUT2D eigenvalue weighted by Gasteiger charge is 2.04. The Morgan fingerprint density at radius 3 is 2.38 bits per heavy atom. The van der Waals surface area contributed by atoms with Crippen molar-refractivity contribution >= 4 is 21.5 Å². The molecule has 2 heteroatoms. The van der Waals surface area contributed by atoms with Crippen molar-refractivity contribution in [1.29, 1.82) is 0 Å². The number of hydrogen-bond donors (Lipinski definition) is 0. The molecule has 0 radical (unpaired) electrons. The molecule has 0 bridgehead atoms. The summed E-state index contributed by atoms with van der Waals surface area (Å²) >= 11 is 0. The third kappa shape index (κ3) is 3.17. The minimum Gasteiger partial charge on any atom is -0.493 e. The average molecular weight is 280 g/mol. The molecular weight excluding hydrogens is 260 g/mol. The summed E-state index contributed by atoms with van der Waals surface area (Å²) in [5, 5.41) is 4.90. The van der Waals surface area contributed by atoms with Gasteiger partial charge in [0.2, 0.25) is 0 Å². The van der Waals surface area contributed by atoms with Gasteiger partial charge < -0.3 is 9.47 Å². The second-order valence-electron chi connectivity index (χ2n) is 5.08. The highest BCUT2D eigenvalue weighted by molar-refractivity contribution is 6.00. The van der Waals surface area contributed by atoms with Crippen molar-refractivity contribution in [2.75, 3.05) is 19.8 Å². The first kappa shape index (κ1) is 13.9. The van der Waals surface area contributed by atoms with Crippen molar-refractivity contribution in [3.05, 3.63) is 54.6 Å². The summed E-state index contributed by atoms with van der Waals surface area (Å²) in [6.45, 7) is 4.22. The Morgan fingerprint density at radius 2 is 1.57 bits per heavy atom. The van der Waals surface area contributed by atoms with E-state index in [1.165, 1.54) is 21.5 Å². The van der Waals surface area contributed by atoms with Crippen molar-refractivity contribution in [2.24, 2.45) is 0 Å². The maximum Gasteiger partial charge on any atom is 0.127 e. The standard InChI is InChI=1S/C19H20O2/c1-2-20-11-6-12-21-19-10-5-9-17-13-15-7-3-4-8-16(15)14-18(17)19/h3-5,7-10,13-14H,2,6,11-12H2,1H3. The number of fused-ring (bicyclic) bond motifs is 2. The lowest BCUT2D eigenvalue weighted by Gasteiger charge is -2.10. The maximum absolute atomic E-state index is 5.93. The molecule has 0 N–H and O–H groups in total.